The molecule has 0 bridgehead atoms. The SMILES string of the molecule is Cc1nn(CC(C)C)c(C)c1Cc1ccc(C(=O)NCCN)cc1. The standard InChI is InChI=1S/C19H28N4O/c1-13(2)12-23-15(4)18(14(3)22-23)11-16-5-7-17(8-6-16)19(24)21-10-9-20/h5-8,13H,9-12,20H2,1-4H3,(H,21,24). The minimum absolute atomic E-state index is 0.0795. The summed E-state index contributed by atoms with van der Waals surface area (Å²) in [6.07, 6.45) is 0.834. The Morgan fingerprint density at radius 3 is 2.50 bits per heavy atom. The van der Waals surface area contributed by atoms with Crippen LogP contribution in [0.25, 0.3) is 0 Å². The minimum Gasteiger partial charge on any atom is -0.351 e. The van der Waals surface area contributed by atoms with Crippen molar-refractivity contribution in [3.05, 3.63) is 52.3 Å². The van der Waals surface area contributed by atoms with Crippen molar-refractivity contribution >= 4 is 5.91 Å². The maximum atomic E-state index is 11.9. The Hall–Kier alpha value is -2.14. The van der Waals surface area contributed by atoms with Crippen molar-refractivity contribution in [3.8, 4) is 0 Å². The van der Waals surface area contributed by atoms with E-state index in [-0.39, 0.29) is 5.91 Å². The Morgan fingerprint density at radius 2 is 1.92 bits per heavy atom. The number of aryl methyl sites for hydroxylation is 1. The fourth-order valence-corrected chi connectivity index (χ4v) is 2.78. The highest BCUT2D eigenvalue weighted by Crippen LogP contribution is 2.19. The topological polar surface area (TPSA) is 72.9 Å². The first-order valence-corrected chi connectivity index (χ1v) is 8.52. The second-order valence-electron chi connectivity index (χ2n) is 6.64. The van der Waals surface area contributed by atoms with Gasteiger partial charge in [0.15, 0.2) is 0 Å². The molecule has 2 rings (SSSR count). The van der Waals surface area contributed by atoms with Crippen LogP contribution in [0.5, 0.6) is 0 Å². The number of aromatic nitrogens is 2. The molecule has 5 heteroatoms. The van der Waals surface area contributed by atoms with Crippen molar-refractivity contribution < 1.29 is 4.79 Å². The first-order valence-electron chi connectivity index (χ1n) is 8.52. The summed E-state index contributed by atoms with van der Waals surface area (Å²) < 4.78 is 2.10. The molecule has 24 heavy (non-hydrogen) atoms. The Morgan fingerprint density at radius 1 is 1.25 bits per heavy atom. The molecular weight excluding hydrogens is 300 g/mol. The molecule has 0 aliphatic carbocycles. The molecule has 130 valence electrons. The van der Waals surface area contributed by atoms with Crippen LogP contribution in [0.4, 0.5) is 0 Å². The van der Waals surface area contributed by atoms with E-state index in [1.165, 1.54) is 16.8 Å². The number of nitrogens with two attached hydrogens (primary N) is 1. The molecule has 0 saturated heterocycles. The van der Waals surface area contributed by atoms with Crippen molar-refractivity contribution in [2.45, 2.75) is 40.7 Å². The van der Waals surface area contributed by atoms with Gasteiger partial charge < -0.3 is 11.1 Å². The Kier molecular flexibility index (Phi) is 6.15. The van der Waals surface area contributed by atoms with Crippen LogP contribution in [-0.2, 0) is 13.0 Å². The third kappa shape index (κ3) is 4.45. The molecular formula is C19H28N4O. The van der Waals surface area contributed by atoms with E-state index >= 15 is 0 Å². The number of benzene rings is 1. The molecule has 5 nitrogen and oxygen atoms in total. The van der Waals surface area contributed by atoms with Crippen molar-refractivity contribution in [2.75, 3.05) is 13.1 Å². The zero-order valence-electron chi connectivity index (χ0n) is 15.1. The van der Waals surface area contributed by atoms with E-state index in [0.29, 0.717) is 24.6 Å². The molecule has 1 aromatic carbocycles. The van der Waals surface area contributed by atoms with Crippen molar-refractivity contribution in [3.63, 3.8) is 0 Å². The molecule has 0 atom stereocenters. The Balaban J connectivity index is 2.11. The quantitative estimate of drug-likeness (QED) is 0.820. The number of carbonyl (C=O) groups excluding carboxylic acids is 1. The van der Waals surface area contributed by atoms with Gasteiger partial charge in [0.2, 0.25) is 0 Å². The van der Waals surface area contributed by atoms with Gasteiger partial charge in [0.25, 0.3) is 5.91 Å². The van der Waals surface area contributed by atoms with Gasteiger partial charge in [0, 0.05) is 42.9 Å². The van der Waals surface area contributed by atoms with E-state index in [9.17, 15) is 4.79 Å². The van der Waals surface area contributed by atoms with Gasteiger partial charge in [-0.25, -0.2) is 0 Å². The smallest absolute Gasteiger partial charge is 0.251 e. The summed E-state index contributed by atoms with van der Waals surface area (Å²) in [6.45, 7) is 10.5. The lowest BCUT2D eigenvalue weighted by molar-refractivity contribution is 0.0954. The first kappa shape index (κ1) is 18.2. The average Bonchev–Trinajstić information content (AvgIpc) is 2.80. The van der Waals surface area contributed by atoms with Gasteiger partial charge in [-0.1, -0.05) is 26.0 Å². The van der Waals surface area contributed by atoms with Crippen LogP contribution in [0.3, 0.4) is 0 Å². The van der Waals surface area contributed by atoms with Crippen LogP contribution in [-0.4, -0.2) is 28.8 Å². The van der Waals surface area contributed by atoms with Gasteiger partial charge in [-0.2, -0.15) is 5.10 Å². The van der Waals surface area contributed by atoms with Crippen LogP contribution in [0.15, 0.2) is 24.3 Å². The molecule has 3 N–H and O–H groups in total. The van der Waals surface area contributed by atoms with E-state index in [1.54, 1.807) is 0 Å². The average molecular weight is 328 g/mol. The number of hydrogen-bond donors (Lipinski definition) is 2. The largest absolute Gasteiger partial charge is 0.351 e. The molecule has 0 radical (unpaired) electrons. The van der Waals surface area contributed by atoms with Gasteiger partial charge in [0.05, 0.1) is 5.69 Å². The molecule has 1 heterocycles. The maximum absolute atomic E-state index is 11.9. The highest BCUT2D eigenvalue weighted by atomic mass is 16.1. The second kappa shape index (κ2) is 8.11. The summed E-state index contributed by atoms with van der Waals surface area (Å²) in [7, 11) is 0. The highest BCUT2D eigenvalue weighted by molar-refractivity contribution is 5.94. The van der Waals surface area contributed by atoms with Gasteiger partial charge in [-0.05, 0) is 37.5 Å². The molecule has 1 amide bonds. The summed E-state index contributed by atoms with van der Waals surface area (Å²) in [4.78, 5) is 11.9. The van der Waals surface area contributed by atoms with Crippen LogP contribution >= 0.6 is 0 Å². The van der Waals surface area contributed by atoms with E-state index in [4.69, 9.17) is 5.73 Å². The van der Waals surface area contributed by atoms with E-state index in [2.05, 4.69) is 42.8 Å². The summed E-state index contributed by atoms with van der Waals surface area (Å²) in [5.74, 6) is 0.492. The fourth-order valence-electron chi connectivity index (χ4n) is 2.78. The first-order chi connectivity index (χ1) is 11.4. The number of carbonyl (C=O) groups is 1. The van der Waals surface area contributed by atoms with Gasteiger partial charge >= 0.3 is 0 Å². The Labute approximate surface area is 144 Å². The van der Waals surface area contributed by atoms with Crippen molar-refractivity contribution in [1.29, 1.82) is 0 Å². The molecule has 1 aromatic heterocycles. The second-order valence-corrected chi connectivity index (χ2v) is 6.64. The predicted octanol–water partition coefficient (Wildman–Crippen LogP) is 2.44. The summed E-state index contributed by atoms with van der Waals surface area (Å²) in [6, 6.07) is 7.75. The van der Waals surface area contributed by atoms with E-state index < -0.39 is 0 Å². The van der Waals surface area contributed by atoms with Crippen LogP contribution in [0, 0.1) is 19.8 Å². The summed E-state index contributed by atoms with van der Waals surface area (Å²) >= 11 is 0. The van der Waals surface area contributed by atoms with Crippen molar-refractivity contribution in [1.82, 2.24) is 15.1 Å². The molecule has 0 unspecified atom stereocenters. The zero-order chi connectivity index (χ0) is 17.7. The molecule has 0 aliphatic heterocycles. The number of hydrogen-bond acceptors (Lipinski definition) is 3. The third-order valence-electron chi connectivity index (χ3n) is 4.10. The monoisotopic (exact) mass is 328 g/mol. The molecule has 0 aliphatic rings. The van der Waals surface area contributed by atoms with Gasteiger partial charge in [-0.15, -0.1) is 0 Å². The lowest BCUT2D eigenvalue weighted by Gasteiger charge is -2.08. The Bertz CT molecular complexity index is 686. The van der Waals surface area contributed by atoms with Crippen LogP contribution in [0.1, 0.15) is 46.7 Å². The fraction of sp³-hybridized carbons (Fsp3) is 0.474. The number of rotatable bonds is 7. The van der Waals surface area contributed by atoms with Crippen molar-refractivity contribution in [2.24, 2.45) is 11.7 Å². The predicted molar refractivity (Wildman–Crippen MR) is 97.2 cm³/mol. The normalized spacial score (nSPS) is 11.1. The summed E-state index contributed by atoms with van der Waals surface area (Å²) in [5, 5.41) is 7.45. The lowest BCUT2D eigenvalue weighted by Crippen LogP contribution is -2.28. The van der Waals surface area contributed by atoms with E-state index in [1.807, 2.05) is 24.3 Å². The van der Waals surface area contributed by atoms with Crippen LogP contribution in [0.2, 0.25) is 0 Å². The molecule has 0 spiro atoms. The highest BCUT2D eigenvalue weighted by Gasteiger charge is 2.13. The lowest BCUT2D eigenvalue weighted by atomic mass is 10.0. The van der Waals surface area contributed by atoms with Crippen LogP contribution < -0.4 is 11.1 Å². The molecule has 0 fully saturated rings. The van der Waals surface area contributed by atoms with Gasteiger partial charge in [-0.3, -0.25) is 9.48 Å². The molecule has 2 aromatic rings. The zero-order valence-corrected chi connectivity index (χ0v) is 15.1. The number of amides is 1. The number of nitrogens with zero attached hydrogens (tertiary/aromatic N) is 2. The summed E-state index contributed by atoms with van der Waals surface area (Å²) in [5.41, 5.74) is 10.8. The molecule has 0 saturated carbocycles. The number of nitrogens with one attached hydrogen (secondary N) is 1. The maximum Gasteiger partial charge on any atom is 0.251 e. The van der Waals surface area contributed by atoms with E-state index in [0.717, 1.165) is 18.7 Å². The third-order valence-corrected chi connectivity index (χ3v) is 4.10. The minimum atomic E-state index is -0.0795. The van der Waals surface area contributed by atoms with Gasteiger partial charge in [0.1, 0.15) is 0 Å².